The molecule has 0 fully saturated rings. The first-order chi connectivity index (χ1) is 9.47. The molecule has 2 aromatic carbocycles. The van der Waals surface area contributed by atoms with Crippen molar-refractivity contribution in [2.75, 3.05) is 10.6 Å². The lowest BCUT2D eigenvalue weighted by Crippen LogP contribution is -2.20. The van der Waals surface area contributed by atoms with Crippen LogP contribution in [-0.4, -0.2) is 5.11 Å². The van der Waals surface area contributed by atoms with Gasteiger partial charge in [-0.2, -0.15) is 0 Å². The van der Waals surface area contributed by atoms with E-state index in [4.69, 9.17) is 12.2 Å². The van der Waals surface area contributed by atoms with Crippen molar-refractivity contribution in [2.24, 2.45) is 0 Å². The molecule has 0 aliphatic carbocycles. The van der Waals surface area contributed by atoms with Gasteiger partial charge in [-0.1, -0.05) is 12.1 Å². The highest BCUT2D eigenvalue weighted by Crippen LogP contribution is 2.18. The van der Waals surface area contributed by atoms with Crippen molar-refractivity contribution in [1.29, 1.82) is 0 Å². The van der Waals surface area contributed by atoms with Gasteiger partial charge in [0.2, 0.25) is 0 Å². The lowest BCUT2D eigenvalue weighted by Gasteiger charge is -2.13. The topological polar surface area (TPSA) is 24.1 Å². The normalized spacial score (nSPS) is 10.2. The Morgan fingerprint density at radius 1 is 1.00 bits per heavy atom. The maximum atomic E-state index is 13.4. The van der Waals surface area contributed by atoms with Crippen LogP contribution in [0.15, 0.2) is 36.4 Å². The van der Waals surface area contributed by atoms with Crippen LogP contribution in [0, 0.1) is 25.5 Å². The van der Waals surface area contributed by atoms with Crippen LogP contribution in [0.5, 0.6) is 0 Å². The van der Waals surface area contributed by atoms with Crippen LogP contribution in [0.4, 0.5) is 20.2 Å². The number of benzene rings is 2. The average molecular weight is 292 g/mol. The molecule has 0 amide bonds. The lowest BCUT2D eigenvalue weighted by molar-refractivity contribution is 0.619. The van der Waals surface area contributed by atoms with Crippen molar-refractivity contribution in [2.45, 2.75) is 13.8 Å². The Bertz CT molecular complexity index is 656. The molecule has 0 bridgehead atoms. The first-order valence-electron chi connectivity index (χ1n) is 6.06. The lowest BCUT2D eigenvalue weighted by atomic mass is 10.2. The molecule has 2 nitrogen and oxygen atoms in total. The second-order valence-electron chi connectivity index (χ2n) is 4.46. The summed E-state index contributed by atoms with van der Waals surface area (Å²) in [7, 11) is 0. The molecular weight excluding hydrogens is 278 g/mol. The Morgan fingerprint density at radius 2 is 1.75 bits per heavy atom. The Morgan fingerprint density at radius 3 is 2.45 bits per heavy atom. The van der Waals surface area contributed by atoms with E-state index in [1.54, 1.807) is 38.1 Å². The van der Waals surface area contributed by atoms with E-state index in [2.05, 4.69) is 10.6 Å². The fourth-order valence-corrected chi connectivity index (χ4v) is 1.93. The van der Waals surface area contributed by atoms with E-state index in [0.717, 1.165) is 0 Å². The third kappa shape index (κ3) is 3.30. The summed E-state index contributed by atoms with van der Waals surface area (Å²) in [6.45, 7) is 3.34. The van der Waals surface area contributed by atoms with Crippen LogP contribution in [0.25, 0.3) is 0 Å². The molecule has 2 N–H and O–H groups in total. The maximum Gasteiger partial charge on any atom is 0.175 e. The Labute approximate surface area is 121 Å². The van der Waals surface area contributed by atoms with Crippen molar-refractivity contribution in [3.8, 4) is 0 Å². The highest BCUT2D eigenvalue weighted by Gasteiger charge is 2.06. The Balaban J connectivity index is 2.09. The number of aryl methyl sites for hydroxylation is 1. The highest BCUT2D eigenvalue weighted by atomic mass is 32.1. The molecular formula is C15H14F2N2S. The molecule has 0 radical (unpaired) electrons. The first kappa shape index (κ1) is 14.4. The molecule has 2 aromatic rings. The van der Waals surface area contributed by atoms with Gasteiger partial charge in [0, 0.05) is 16.9 Å². The molecule has 0 atom stereocenters. The number of hydrogen-bond acceptors (Lipinski definition) is 1. The van der Waals surface area contributed by atoms with Crippen molar-refractivity contribution < 1.29 is 8.78 Å². The number of anilines is 2. The minimum Gasteiger partial charge on any atom is -0.332 e. The van der Waals surface area contributed by atoms with E-state index in [9.17, 15) is 8.78 Å². The molecule has 0 spiro atoms. The molecule has 0 saturated carbocycles. The molecule has 2 rings (SSSR count). The maximum absolute atomic E-state index is 13.4. The van der Waals surface area contributed by atoms with E-state index < -0.39 is 0 Å². The quantitative estimate of drug-likeness (QED) is 0.803. The zero-order valence-electron chi connectivity index (χ0n) is 11.1. The van der Waals surface area contributed by atoms with Crippen LogP contribution in [0.1, 0.15) is 11.1 Å². The summed E-state index contributed by atoms with van der Waals surface area (Å²) in [5.41, 5.74) is 2.16. The van der Waals surface area contributed by atoms with E-state index in [1.165, 1.54) is 12.1 Å². The van der Waals surface area contributed by atoms with Crippen LogP contribution in [-0.2, 0) is 0 Å². The van der Waals surface area contributed by atoms with Gasteiger partial charge in [-0.15, -0.1) is 0 Å². The summed E-state index contributed by atoms with van der Waals surface area (Å²) in [5.74, 6) is -0.612. The summed E-state index contributed by atoms with van der Waals surface area (Å²) < 4.78 is 26.8. The molecule has 0 aromatic heterocycles. The molecule has 20 heavy (non-hydrogen) atoms. The third-order valence-electron chi connectivity index (χ3n) is 2.95. The fraction of sp³-hybridized carbons (Fsp3) is 0.133. The molecule has 0 saturated heterocycles. The largest absolute Gasteiger partial charge is 0.332 e. The molecule has 5 heteroatoms. The highest BCUT2D eigenvalue weighted by molar-refractivity contribution is 7.80. The van der Waals surface area contributed by atoms with Gasteiger partial charge in [0.15, 0.2) is 5.11 Å². The standard InChI is InChI=1S/C15H14F2N2S/c1-9-6-7-11(8-13(9)17)18-15(20)19-14-5-3-4-12(16)10(14)2/h3-8H,1-2H3,(H2,18,19,20). The van der Waals surface area contributed by atoms with Gasteiger partial charge in [0.25, 0.3) is 0 Å². The number of nitrogens with one attached hydrogen (secondary N) is 2. The summed E-state index contributed by atoms with van der Waals surface area (Å²) >= 11 is 5.13. The number of hydrogen-bond donors (Lipinski definition) is 2. The summed E-state index contributed by atoms with van der Waals surface area (Å²) in [4.78, 5) is 0. The Hall–Kier alpha value is -2.01. The van der Waals surface area contributed by atoms with Crippen LogP contribution in [0.3, 0.4) is 0 Å². The number of rotatable bonds is 2. The predicted molar refractivity (Wildman–Crippen MR) is 82.1 cm³/mol. The second-order valence-corrected chi connectivity index (χ2v) is 4.86. The summed E-state index contributed by atoms with van der Waals surface area (Å²) in [6.07, 6.45) is 0. The molecule has 0 aliphatic rings. The molecule has 0 unspecified atom stereocenters. The fourth-order valence-electron chi connectivity index (χ4n) is 1.70. The summed E-state index contributed by atoms with van der Waals surface area (Å²) in [6, 6.07) is 9.45. The van der Waals surface area contributed by atoms with Crippen molar-refractivity contribution in [3.63, 3.8) is 0 Å². The van der Waals surface area contributed by atoms with Gasteiger partial charge in [-0.3, -0.25) is 0 Å². The zero-order valence-corrected chi connectivity index (χ0v) is 11.9. The second kappa shape index (κ2) is 5.96. The summed E-state index contributed by atoms with van der Waals surface area (Å²) in [5, 5.41) is 6.03. The van der Waals surface area contributed by atoms with Crippen LogP contribution >= 0.6 is 12.2 Å². The van der Waals surface area contributed by atoms with Crippen molar-refractivity contribution >= 4 is 28.7 Å². The molecule has 0 heterocycles. The van der Waals surface area contributed by atoms with E-state index >= 15 is 0 Å². The molecule has 104 valence electrons. The van der Waals surface area contributed by atoms with Gasteiger partial charge in [-0.25, -0.2) is 8.78 Å². The minimum atomic E-state index is -0.306. The van der Waals surface area contributed by atoms with E-state index in [-0.39, 0.29) is 16.7 Å². The predicted octanol–water partition coefficient (Wildman–Crippen LogP) is 4.39. The minimum absolute atomic E-state index is 0.280. The SMILES string of the molecule is Cc1ccc(NC(=S)Nc2cccc(F)c2C)cc1F. The van der Waals surface area contributed by atoms with Crippen molar-refractivity contribution in [3.05, 3.63) is 59.2 Å². The number of halogens is 2. The van der Waals surface area contributed by atoms with Crippen LogP contribution < -0.4 is 10.6 Å². The smallest absolute Gasteiger partial charge is 0.175 e. The van der Waals surface area contributed by atoms with Gasteiger partial charge in [0.05, 0.1) is 0 Å². The van der Waals surface area contributed by atoms with Gasteiger partial charge >= 0.3 is 0 Å². The average Bonchev–Trinajstić information content (AvgIpc) is 2.39. The van der Waals surface area contributed by atoms with Crippen molar-refractivity contribution in [1.82, 2.24) is 0 Å². The number of thiocarbonyl (C=S) groups is 1. The zero-order chi connectivity index (χ0) is 14.7. The molecule has 0 aliphatic heterocycles. The van der Waals surface area contributed by atoms with Crippen LogP contribution in [0.2, 0.25) is 0 Å². The van der Waals surface area contributed by atoms with Gasteiger partial charge in [-0.05, 0) is 55.9 Å². The van der Waals surface area contributed by atoms with E-state index in [0.29, 0.717) is 22.5 Å². The van der Waals surface area contributed by atoms with E-state index in [1.807, 2.05) is 0 Å². The van der Waals surface area contributed by atoms with Gasteiger partial charge in [0.1, 0.15) is 11.6 Å². The first-order valence-corrected chi connectivity index (χ1v) is 6.47. The monoisotopic (exact) mass is 292 g/mol. The van der Waals surface area contributed by atoms with Gasteiger partial charge < -0.3 is 10.6 Å². The third-order valence-corrected chi connectivity index (χ3v) is 3.15. The Kier molecular flexibility index (Phi) is 4.29.